The van der Waals surface area contributed by atoms with E-state index in [2.05, 4.69) is 63.7 Å². The van der Waals surface area contributed by atoms with Crippen molar-refractivity contribution < 1.29 is 19.8 Å². The molecule has 1 aromatic rings. The minimum Gasteiger partial charge on any atom is -0.545 e. The van der Waals surface area contributed by atoms with Crippen molar-refractivity contribution in [1.82, 2.24) is 0 Å². The van der Waals surface area contributed by atoms with Crippen LogP contribution in [0.25, 0.3) is 0 Å². The first-order valence-corrected chi connectivity index (χ1v) is 6.74. The third kappa shape index (κ3) is 3.82. The number of carboxylic acids is 2. The van der Waals surface area contributed by atoms with Crippen molar-refractivity contribution in [3.05, 3.63) is 29.0 Å². The number of carbonyl (C=O) groups is 2. The number of halogens is 4. The SMILES string of the molecule is O=C([O-])c1c(Br)c(Br)c(Br)c(Br)c1C(=O)[O-].[Ba+2]. The zero-order valence-corrected chi connectivity index (χ0v) is 18.6. The van der Waals surface area contributed by atoms with E-state index < -0.39 is 23.1 Å². The van der Waals surface area contributed by atoms with Crippen LogP contribution in [0.5, 0.6) is 0 Å². The molecule has 0 heterocycles. The van der Waals surface area contributed by atoms with Gasteiger partial charge < -0.3 is 19.8 Å². The monoisotopic (exact) mass is 614 g/mol. The Balaban J connectivity index is 0.00000256. The molecule has 1 rings (SSSR count). The van der Waals surface area contributed by atoms with Gasteiger partial charge in [0.25, 0.3) is 0 Å². The van der Waals surface area contributed by atoms with Crippen molar-refractivity contribution in [2.45, 2.75) is 0 Å². The van der Waals surface area contributed by atoms with Gasteiger partial charge in [-0.05, 0) is 63.7 Å². The Hall–Kier alpha value is 1.65. The average Bonchev–Trinajstić information content (AvgIpc) is 2.18. The summed E-state index contributed by atoms with van der Waals surface area (Å²) in [6, 6.07) is 0. The molecular formula is C8BaBr4O4. The molecule has 9 heteroatoms. The van der Waals surface area contributed by atoms with Crippen molar-refractivity contribution in [2.75, 3.05) is 0 Å². The molecule has 0 spiro atoms. The van der Waals surface area contributed by atoms with E-state index in [1.807, 2.05) is 0 Å². The largest absolute Gasteiger partial charge is 2.00 e. The summed E-state index contributed by atoms with van der Waals surface area (Å²) < 4.78 is 0.871. The van der Waals surface area contributed by atoms with Gasteiger partial charge in [-0.15, -0.1) is 0 Å². The minimum absolute atomic E-state index is 0. The number of aromatic carboxylic acids is 2. The van der Waals surface area contributed by atoms with Gasteiger partial charge in [0.2, 0.25) is 0 Å². The second-order valence-electron chi connectivity index (χ2n) is 2.58. The molecule has 0 fully saturated rings. The van der Waals surface area contributed by atoms with Crippen LogP contribution in [0.1, 0.15) is 20.7 Å². The molecule has 86 valence electrons. The quantitative estimate of drug-likeness (QED) is 0.283. The van der Waals surface area contributed by atoms with Gasteiger partial charge in [-0.3, -0.25) is 0 Å². The third-order valence-electron chi connectivity index (χ3n) is 1.68. The van der Waals surface area contributed by atoms with Crippen molar-refractivity contribution in [1.29, 1.82) is 0 Å². The Bertz CT molecular complexity index is 458. The molecule has 1 aromatic carbocycles. The van der Waals surface area contributed by atoms with Gasteiger partial charge in [0.15, 0.2) is 0 Å². The first kappa shape index (κ1) is 18.7. The van der Waals surface area contributed by atoms with Gasteiger partial charge in [-0.1, -0.05) is 0 Å². The Kier molecular flexibility index (Phi) is 8.16. The third-order valence-corrected chi connectivity index (χ3v) is 6.44. The van der Waals surface area contributed by atoms with E-state index in [-0.39, 0.29) is 57.8 Å². The van der Waals surface area contributed by atoms with Gasteiger partial charge in [0, 0.05) is 29.0 Å². The van der Waals surface area contributed by atoms with Crippen molar-refractivity contribution in [2.24, 2.45) is 0 Å². The fourth-order valence-electron chi connectivity index (χ4n) is 1.02. The van der Waals surface area contributed by atoms with Crippen LogP contribution >= 0.6 is 63.7 Å². The minimum atomic E-state index is -1.61. The summed E-state index contributed by atoms with van der Waals surface area (Å²) in [5.41, 5.74) is -0.969. The number of carboxylic acid groups (broad SMARTS) is 2. The Morgan fingerprint density at radius 2 is 0.941 bits per heavy atom. The Morgan fingerprint density at radius 3 is 1.12 bits per heavy atom. The van der Waals surface area contributed by atoms with Gasteiger partial charge in [-0.2, -0.15) is 0 Å². The molecule has 0 unspecified atom stereocenters. The van der Waals surface area contributed by atoms with E-state index in [9.17, 15) is 19.8 Å². The van der Waals surface area contributed by atoms with E-state index in [4.69, 9.17) is 0 Å². The number of carbonyl (C=O) groups excluding carboxylic acids is 2. The van der Waals surface area contributed by atoms with Crippen LogP contribution < -0.4 is 10.2 Å². The molecule has 0 bridgehead atoms. The summed E-state index contributed by atoms with van der Waals surface area (Å²) in [6.07, 6.45) is 0. The summed E-state index contributed by atoms with van der Waals surface area (Å²) in [6.45, 7) is 0. The molecule has 0 aliphatic heterocycles. The predicted octanol–water partition coefficient (Wildman–Crippen LogP) is 1.08. The van der Waals surface area contributed by atoms with Crippen LogP contribution in [0.15, 0.2) is 17.9 Å². The van der Waals surface area contributed by atoms with Crippen molar-refractivity contribution >= 4 is 125 Å². The summed E-state index contributed by atoms with van der Waals surface area (Å²) >= 11 is 12.2. The van der Waals surface area contributed by atoms with Crippen LogP contribution in [0.3, 0.4) is 0 Å². The summed E-state index contributed by atoms with van der Waals surface area (Å²) in [4.78, 5) is 21.7. The molecule has 0 N–H and O–H groups in total. The predicted molar refractivity (Wildman–Crippen MR) is 71.7 cm³/mol. The molecule has 0 saturated carbocycles. The Labute approximate surface area is 170 Å². The molecule has 0 aromatic heterocycles. The van der Waals surface area contributed by atoms with E-state index in [1.54, 1.807) is 0 Å². The van der Waals surface area contributed by atoms with Crippen LogP contribution in [0.2, 0.25) is 0 Å². The second-order valence-corrected chi connectivity index (χ2v) is 5.75. The number of benzene rings is 1. The molecular weight excluding hydrogens is 617 g/mol. The smallest absolute Gasteiger partial charge is 0.545 e. The average molecular weight is 617 g/mol. The molecule has 0 aliphatic rings. The number of hydrogen-bond acceptors (Lipinski definition) is 4. The number of rotatable bonds is 2. The van der Waals surface area contributed by atoms with Crippen LogP contribution in [-0.4, -0.2) is 60.8 Å². The van der Waals surface area contributed by atoms with E-state index >= 15 is 0 Å². The molecule has 0 saturated heterocycles. The van der Waals surface area contributed by atoms with Gasteiger partial charge >= 0.3 is 48.9 Å². The van der Waals surface area contributed by atoms with E-state index in [0.717, 1.165) is 0 Å². The zero-order chi connectivity index (χ0) is 12.6. The van der Waals surface area contributed by atoms with E-state index in [0.29, 0.717) is 8.95 Å². The molecule has 0 atom stereocenters. The standard InChI is InChI=1S/C8H2Br4O4.Ba/c9-3-1(7(13)14)2(8(15)16)4(10)6(12)5(3)11;/h(H,13,14)(H,15,16);/q;+2/p-2. The maximum Gasteiger partial charge on any atom is 2.00 e. The molecule has 0 radical (unpaired) electrons. The second kappa shape index (κ2) is 7.44. The van der Waals surface area contributed by atoms with Crippen LogP contribution in [-0.2, 0) is 0 Å². The number of hydrogen-bond donors (Lipinski definition) is 0. The molecule has 17 heavy (non-hydrogen) atoms. The van der Waals surface area contributed by atoms with Crippen LogP contribution in [0, 0.1) is 0 Å². The topological polar surface area (TPSA) is 80.3 Å². The maximum absolute atomic E-state index is 10.9. The van der Waals surface area contributed by atoms with Gasteiger partial charge in [-0.25, -0.2) is 0 Å². The molecule has 4 nitrogen and oxygen atoms in total. The fourth-order valence-corrected chi connectivity index (χ4v) is 3.46. The first-order valence-electron chi connectivity index (χ1n) is 3.57. The van der Waals surface area contributed by atoms with Crippen molar-refractivity contribution in [3.63, 3.8) is 0 Å². The van der Waals surface area contributed by atoms with Gasteiger partial charge in [0.1, 0.15) is 0 Å². The summed E-state index contributed by atoms with van der Waals surface area (Å²) in [5, 5.41) is 21.7. The molecule has 0 amide bonds. The summed E-state index contributed by atoms with van der Waals surface area (Å²) in [5.74, 6) is -3.22. The zero-order valence-electron chi connectivity index (χ0n) is 7.85. The van der Waals surface area contributed by atoms with Crippen LogP contribution in [0.4, 0.5) is 0 Å². The fraction of sp³-hybridized carbons (Fsp3) is 0. The first-order chi connectivity index (χ1) is 7.29. The van der Waals surface area contributed by atoms with Crippen molar-refractivity contribution in [3.8, 4) is 0 Å². The maximum atomic E-state index is 10.9. The normalized spacial score (nSPS) is 9.65. The Morgan fingerprint density at radius 1 is 0.706 bits per heavy atom. The van der Waals surface area contributed by atoms with E-state index in [1.165, 1.54) is 0 Å². The molecule has 0 aliphatic carbocycles. The summed E-state index contributed by atoms with van der Waals surface area (Å²) in [7, 11) is 0. The van der Waals surface area contributed by atoms with Gasteiger partial charge in [0.05, 0.1) is 11.9 Å².